The fraction of sp³-hybridized carbons (Fsp3) is 0.0455. The maximum atomic E-state index is 14.7. The summed E-state index contributed by atoms with van der Waals surface area (Å²) in [5.74, 6) is -1.62. The van der Waals surface area contributed by atoms with Gasteiger partial charge in [0.1, 0.15) is 28.9 Å². The number of methoxy groups -OCH3 is 1. The van der Waals surface area contributed by atoms with E-state index in [-0.39, 0.29) is 49.6 Å². The van der Waals surface area contributed by atoms with Crippen molar-refractivity contribution in [2.75, 3.05) is 7.11 Å². The third-order valence-electron chi connectivity index (χ3n) is 4.50. The van der Waals surface area contributed by atoms with E-state index in [1.807, 2.05) is 0 Å². The fourth-order valence-corrected chi connectivity index (χ4v) is 3.65. The molecule has 9 heteroatoms. The van der Waals surface area contributed by atoms with E-state index in [0.29, 0.717) is 0 Å². The Bertz CT molecular complexity index is 1300. The van der Waals surface area contributed by atoms with Crippen LogP contribution in [0.4, 0.5) is 13.2 Å². The van der Waals surface area contributed by atoms with Crippen LogP contribution < -0.4 is 4.74 Å². The second kappa shape index (κ2) is 8.53. The average Bonchev–Trinajstić information content (AvgIpc) is 2.74. The van der Waals surface area contributed by atoms with Crippen molar-refractivity contribution in [3.8, 4) is 39.4 Å². The Kier molecular flexibility index (Phi) is 5.80. The van der Waals surface area contributed by atoms with Crippen LogP contribution >= 0.6 is 23.2 Å². The van der Waals surface area contributed by atoms with E-state index < -0.39 is 17.5 Å². The van der Waals surface area contributed by atoms with Crippen LogP contribution in [0.5, 0.6) is 5.75 Å². The predicted molar refractivity (Wildman–Crippen MR) is 113 cm³/mol. The maximum Gasteiger partial charge on any atom is 0.161 e. The van der Waals surface area contributed by atoms with Crippen molar-refractivity contribution < 1.29 is 17.9 Å². The number of hydrogen-bond acceptors (Lipinski definition) is 4. The highest BCUT2D eigenvalue weighted by Gasteiger charge is 2.25. The van der Waals surface area contributed by atoms with Crippen LogP contribution in [0.2, 0.25) is 10.2 Å². The zero-order valence-corrected chi connectivity index (χ0v) is 17.3. The van der Waals surface area contributed by atoms with Gasteiger partial charge in [-0.15, -0.1) is 10.2 Å². The summed E-state index contributed by atoms with van der Waals surface area (Å²) >= 11 is 12.6. The van der Waals surface area contributed by atoms with Gasteiger partial charge in [0.25, 0.3) is 0 Å². The van der Waals surface area contributed by atoms with E-state index in [9.17, 15) is 13.2 Å². The fourth-order valence-electron chi connectivity index (χ4n) is 3.18. The molecule has 0 fully saturated rings. The molecule has 0 unspecified atom stereocenters. The number of aromatic nitrogens is 3. The number of pyridine rings is 1. The Morgan fingerprint density at radius 3 is 2.32 bits per heavy atom. The minimum absolute atomic E-state index is 0.0565. The summed E-state index contributed by atoms with van der Waals surface area (Å²) in [6, 6.07) is 10.9. The molecule has 0 spiro atoms. The van der Waals surface area contributed by atoms with Gasteiger partial charge in [-0.2, -0.15) is 0 Å². The van der Waals surface area contributed by atoms with Gasteiger partial charge in [0.15, 0.2) is 5.15 Å². The summed E-state index contributed by atoms with van der Waals surface area (Å²) in [5.41, 5.74) is 0.885. The van der Waals surface area contributed by atoms with Crippen LogP contribution in [0.1, 0.15) is 0 Å². The van der Waals surface area contributed by atoms with Crippen LogP contribution in [-0.4, -0.2) is 22.3 Å². The first kappa shape index (κ1) is 21.1. The standard InChI is InChI=1S/C22H12Cl2F3N3O/c1-31-14-7-11(6-12(25)8-14)18-19(21-16(23)9-13(26)10-28-21)22(24)30-29-20(18)15-4-2-3-5-17(15)27/h2-10H,1H3. The van der Waals surface area contributed by atoms with Crippen molar-refractivity contribution in [3.63, 3.8) is 0 Å². The second-order valence-electron chi connectivity index (χ2n) is 6.43. The van der Waals surface area contributed by atoms with Gasteiger partial charge in [0.2, 0.25) is 0 Å². The van der Waals surface area contributed by atoms with Crippen LogP contribution in [0, 0.1) is 17.5 Å². The highest BCUT2D eigenvalue weighted by atomic mass is 35.5. The molecule has 2 heterocycles. The quantitative estimate of drug-likeness (QED) is 0.343. The molecule has 2 aromatic heterocycles. The van der Waals surface area contributed by atoms with Gasteiger partial charge in [0.05, 0.1) is 29.6 Å². The maximum absolute atomic E-state index is 14.7. The molecule has 0 atom stereocenters. The van der Waals surface area contributed by atoms with E-state index in [0.717, 1.165) is 12.3 Å². The molecule has 156 valence electrons. The molecule has 0 aliphatic heterocycles. The first-order chi connectivity index (χ1) is 14.9. The first-order valence-corrected chi connectivity index (χ1v) is 9.62. The van der Waals surface area contributed by atoms with Gasteiger partial charge < -0.3 is 4.74 Å². The van der Waals surface area contributed by atoms with Gasteiger partial charge in [-0.1, -0.05) is 35.3 Å². The number of rotatable bonds is 4. The minimum Gasteiger partial charge on any atom is -0.497 e. The molecule has 0 aliphatic rings. The summed E-state index contributed by atoms with van der Waals surface area (Å²) in [6.07, 6.45) is 0.955. The lowest BCUT2D eigenvalue weighted by molar-refractivity contribution is 0.411. The Hall–Kier alpha value is -3.16. The Balaban J connectivity index is 2.14. The van der Waals surface area contributed by atoms with Crippen molar-refractivity contribution in [2.45, 2.75) is 0 Å². The third kappa shape index (κ3) is 4.06. The van der Waals surface area contributed by atoms with Gasteiger partial charge >= 0.3 is 0 Å². The van der Waals surface area contributed by atoms with Crippen LogP contribution in [0.3, 0.4) is 0 Å². The SMILES string of the molecule is COc1cc(F)cc(-c2c(-c3ccccc3F)nnc(Cl)c2-c2ncc(F)cc2Cl)c1. The predicted octanol–water partition coefficient (Wildman–Crippen LogP) is 6.61. The summed E-state index contributed by atoms with van der Waals surface area (Å²) in [6.45, 7) is 0. The van der Waals surface area contributed by atoms with Gasteiger partial charge in [-0.25, -0.2) is 13.2 Å². The summed E-state index contributed by atoms with van der Waals surface area (Å²) in [7, 11) is 1.38. The average molecular weight is 462 g/mol. The first-order valence-electron chi connectivity index (χ1n) is 8.86. The Morgan fingerprint density at radius 1 is 0.839 bits per heavy atom. The summed E-state index contributed by atoms with van der Waals surface area (Å²) in [5, 5.41) is 7.81. The van der Waals surface area contributed by atoms with Crippen molar-refractivity contribution in [1.29, 1.82) is 0 Å². The normalized spacial score (nSPS) is 10.9. The Labute approximate surface area is 185 Å². The van der Waals surface area contributed by atoms with Crippen LogP contribution in [0.25, 0.3) is 33.6 Å². The number of hydrogen-bond donors (Lipinski definition) is 0. The molecule has 0 radical (unpaired) electrons. The second-order valence-corrected chi connectivity index (χ2v) is 7.20. The highest BCUT2D eigenvalue weighted by Crippen LogP contribution is 2.44. The molecule has 0 saturated heterocycles. The molecule has 0 N–H and O–H groups in total. The van der Waals surface area contributed by atoms with Gasteiger partial charge in [-0.3, -0.25) is 4.98 Å². The molecule has 4 nitrogen and oxygen atoms in total. The largest absolute Gasteiger partial charge is 0.497 e. The smallest absolute Gasteiger partial charge is 0.161 e. The summed E-state index contributed by atoms with van der Waals surface area (Å²) in [4.78, 5) is 4.04. The molecular formula is C22H12Cl2F3N3O. The topological polar surface area (TPSA) is 47.9 Å². The van der Waals surface area contributed by atoms with Gasteiger partial charge in [0, 0.05) is 17.2 Å². The van der Waals surface area contributed by atoms with E-state index >= 15 is 0 Å². The van der Waals surface area contributed by atoms with E-state index in [1.54, 1.807) is 6.07 Å². The molecule has 4 rings (SSSR count). The highest BCUT2D eigenvalue weighted by molar-refractivity contribution is 6.36. The van der Waals surface area contributed by atoms with Crippen molar-refractivity contribution >= 4 is 23.2 Å². The zero-order chi connectivity index (χ0) is 22.1. The molecule has 4 aromatic rings. The van der Waals surface area contributed by atoms with Gasteiger partial charge in [-0.05, 0) is 35.9 Å². The molecule has 2 aromatic carbocycles. The Morgan fingerprint density at radius 2 is 1.61 bits per heavy atom. The van der Waals surface area contributed by atoms with Crippen molar-refractivity contribution in [3.05, 3.63) is 82.4 Å². The lowest BCUT2D eigenvalue weighted by Gasteiger charge is -2.17. The zero-order valence-electron chi connectivity index (χ0n) is 15.8. The molecule has 0 bridgehead atoms. The molecule has 0 amide bonds. The van der Waals surface area contributed by atoms with E-state index in [2.05, 4.69) is 15.2 Å². The minimum atomic E-state index is -0.657. The van der Waals surface area contributed by atoms with Crippen molar-refractivity contribution in [2.24, 2.45) is 0 Å². The third-order valence-corrected chi connectivity index (χ3v) is 5.05. The molecule has 0 aliphatic carbocycles. The monoisotopic (exact) mass is 461 g/mol. The number of halogens is 5. The lowest BCUT2D eigenvalue weighted by Crippen LogP contribution is -2.01. The number of ether oxygens (including phenoxy) is 1. The van der Waals surface area contributed by atoms with E-state index in [4.69, 9.17) is 27.9 Å². The molecule has 0 saturated carbocycles. The molecular weight excluding hydrogens is 450 g/mol. The molecule has 31 heavy (non-hydrogen) atoms. The number of nitrogens with zero attached hydrogens (tertiary/aromatic N) is 3. The lowest BCUT2D eigenvalue weighted by atomic mass is 9.93. The van der Waals surface area contributed by atoms with Crippen molar-refractivity contribution in [1.82, 2.24) is 15.2 Å². The number of benzene rings is 2. The van der Waals surface area contributed by atoms with Crippen LogP contribution in [0.15, 0.2) is 54.7 Å². The van der Waals surface area contributed by atoms with Crippen LogP contribution in [-0.2, 0) is 0 Å². The van der Waals surface area contributed by atoms with E-state index in [1.165, 1.54) is 43.5 Å². The summed E-state index contributed by atoms with van der Waals surface area (Å²) < 4.78 is 47.8.